The van der Waals surface area contributed by atoms with Crippen LogP contribution in [0.2, 0.25) is 0 Å². The second-order valence-electron chi connectivity index (χ2n) is 18.8. The molecule has 0 heterocycles. The van der Waals surface area contributed by atoms with Gasteiger partial charge in [-0.25, -0.2) is 0 Å². The van der Waals surface area contributed by atoms with Crippen molar-refractivity contribution in [2.75, 3.05) is 13.2 Å². The molecule has 0 saturated carbocycles. The highest BCUT2D eigenvalue weighted by Crippen LogP contribution is 2.17. The Morgan fingerprint density at radius 3 is 0.938 bits per heavy atom. The van der Waals surface area contributed by atoms with Crippen LogP contribution in [0, 0.1) is 0 Å². The monoisotopic (exact) mass is 911 g/mol. The van der Waals surface area contributed by atoms with Crippen LogP contribution in [0.4, 0.5) is 0 Å². The van der Waals surface area contributed by atoms with Gasteiger partial charge in [-0.2, -0.15) is 0 Å². The molecule has 0 aliphatic heterocycles. The fraction of sp³-hybridized carbons (Fsp3) is 0.814. The Morgan fingerprint density at radius 1 is 0.323 bits per heavy atom. The summed E-state index contributed by atoms with van der Waals surface area (Å²) in [6.07, 6.45) is 65.4. The number of carbonyl (C=O) groups is 3. The summed E-state index contributed by atoms with van der Waals surface area (Å²) in [5.41, 5.74) is 0. The van der Waals surface area contributed by atoms with E-state index in [9.17, 15) is 14.4 Å². The molecule has 0 aromatic rings. The molecule has 0 unspecified atom stereocenters. The molecule has 65 heavy (non-hydrogen) atoms. The number of ether oxygens (including phenoxy) is 3. The predicted octanol–water partition coefficient (Wildman–Crippen LogP) is 18.7. The van der Waals surface area contributed by atoms with Gasteiger partial charge in [0.05, 0.1) is 0 Å². The van der Waals surface area contributed by atoms with Crippen LogP contribution in [0.1, 0.15) is 290 Å². The third-order valence-electron chi connectivity index (χ3n) is 12.3. The molecular weight excluding hydrogens is 805 g/mol. The number of unbranched alkanes of at least 4 members (excludes halogenated alkanes) is 32. The van der Waals surface area contributed by atoms with Gasteiger partial charge in [-0.15, -0.1) is 0 Å². The van der Waals surface area contributed by atoms with Gasteiger partial charge in [0, 0.05) is 19.3 Å². The van der Waals surface area contributed by atoms with Crippen molar-refractivity contribution in [2.24, 2.45) is 0 Å². The minimum Gasteiger partial charge on any atom is -0.462 e. The van der Waals surface area contributed by atoms with Gasteiger partial charge in [-0.3, -0.25) is 14.4 Å². The van der Waals surface area contributed by atoms with Gasteiger partial charge in [0.1, 0.15) is 13.2 Å². The zero-order valence-corrected chi connectivity index (χ0v) is 43.3. The second kappa shape index (κ2) is 54.0. The van der Waals surface area contributed by atoms with Crippen LogP contribution in [0.3, 0.4) is 0 Å². The van der Waals surface area contributed by atoms with Crippen molar-refractivity contribution in [3.05, 3.63) is 48.6 Å². The van der Waals surface area contributed by atoms with Crippen LogP contribution in [0.25, 0.3) is 0 Å². The van der Waals surface area contributed by atoms with Crippen molar-refractivity contribution in [3.63, 3.8) is 0 Å². The first-order valence-corrected chi connectivity index (χ1v) is 28.1. The number of carbonyl (C=O) groups excluding carboxylic acids is 3. The highest BCUT2D eigenvalue weighted by molar-refractivity contribution is 5.71. The maximum absolute atomic E-state index is 12.8. The molecule has 1 atom stereocenters. The summed E-state index contributed by atoms with van der Waals surface area (Å²) in [5, 5.41) is 0. The summed E-state index contributed by atoms with van der Waals surface area (Å²) < 4.78 is 16.8. The standard InChI is InChI=1S/C59H106O6/c1-4-7-10-13-16-19-22-24-26-27-28-29-30-31-33-34-37-40-43-46-49-52-58(61)64-55-56(54-63-57(60)51-48-45-42-39-36-21-18-15-12-9-6-3)65-59(62)53-50-47-44-41-38-35-32-25-23-20-17-14-11-8-5-2/h8,11,17,20,25,32,38,41,56H,4-7,9-10,12-16,18-19,21-24,26-31,33-37,39-40,42-55H2,1-3H3/b11-8-,20-17-,32-25-,41-38-/t56-/m0/s1. The van der Waals surface area contributed by atoms with Gasteiger partial charge in [0.2, 0.25) is 0 Å². The van der Waals surface area contributed by atoms with Gasteiger partial charge >= 0.3 is 17.9 Å². The molecule has 0 fully saturated rings. The maximum Gasteiger partial charge on any atom is 0.306 e. The Hall–Kier alpha value is -2.63. The van der Waals surface area contributed by atoms with Gasteiger partial charge in [-0.05, 0) is 57.8 Å². The molecule has 0 aliphatic rings. The highest BCUT2D eigenvalue weighted by atomic mass is 16.6. The minimum absolute atomic E-state index is 0.0858. The smallest absolute Gasteiger partial charge is 0.306 e. The van der Waals surface area contributed by atoms with Gasteiger partial charge in [-0.1, -0.05) is 262 Å². The fourth-order valence-corrected chi connectivity index (χ4v) is 8.14. The van der Waals surface area contributed by atoms with Gasteiger partial charge in [0.15, 0.2) is 6.10 Å². The Balaban J connectivity index is 4.31. The van der Waals surface area contributed by atoms with E-state index < -0.39 is 6.10 Å². The maximum atomic E-state index is 12.8. The minimum atomic E-state index is -0.790. The van der Waals surface area contributed by atoms with Crippen molar-refractivity contribution >= 4 is 17.9 Å². The molecule has 0 amide bonds. The summed E-state index contributed by atoms with van der Waals surface area (Å²) in [5.74, 6) is -0.915. The third-order valence-corrected chi connectivity index (χ3v) is 12.3. The molecule has 378 valence electrons. The predicted molar refractivity (Wildman–Crippen MR) is 279 cm³/mol. The van der Waals surface area contributed by atoms with E-state index in [1.165, 1.54) is 167 Å². The molecule has 0 N–H and O–H groups in total. The summed E-state index contributed by atoms with van der Waals surface area (Å²) in [7, 11) is 0. The van der Waals surface area contributed by atoms with Crippen molar-refractivity contribution in [3.8, 4) is 0 Å². The van der Waals surface area contributed by atoms with E-state index in [4.69, 9.17) is 14.2 Å². The molecule has 0 aromatic heterocycles. The van der Waals surface area contributed by atoms with Crippen LogP contribution < -0.4 is 0 Å². The molecule has 0 aliphatic carbocycles. The average Bonchev–Trinajstić information content (AvgIpc) is 3.30. The number of hydrogen-bond acceptors (Lipinski definition) is 6. The van der Waals surface area contributed by atoms with Crippen molar-refractivity contribution in [2.45, 2.75) is 297 Å². The van der Waals surface area contributed by atoms with Gasteiger partial charge in [0.25, 0.3) is 0 Å². The summed E-state index contributed by atoms with van der Waals surface area (Å²) in [6, 6.07) is 0. The van der Waals surface area contributed by atoms with E-state index in [-0.39, 0.29) is 37.5 Å². The summed E-state index contributed by atoms with van der Waals surface area (Å²) in [6.45, 7) is 6.52. The van der Waals surface area contributed by atoms with Gasteiger partial charge < -0.3 is 14.2 Å². The lowest BCUT2D eigenvalue weighted by molar-refractivity contribution is -0.167. The van der Waals surface area contributed by atoms with E-state index in [1.807, 2.05) is 0 Å². The van der Waals surface area contributed by atoms with E-state index in [2.05, 4.69) is 69.4 Å². The zero-order chi connectivity index (χ0) is 47.2. The largest absolute Gasteiger partial charge is 0.462 e. The van der Waals surface area contributed by atoms with E-state index >= 15 is 0 Å². The molecular formula is C59H106O6. The fourth-order valence-electron chi connectivity index (χ4n) is 8.14. The number of allylic oxidation sites excluding steroid dienone is 8. The first-order valence-electron chi connectivity index (χ1n) is 28.1. The Kier molecular flexibility index (Phi) is 51.8. The van der Waals surface area contributed by atoms with Crippen molar-refractivity contribution < 1.29 is 28.6 Å². The van der Waals surface area contributed by atoms with E-state index in [0.29, 0.717) is 19.3 Å². The van der Waals surface area contributed by atoms with E-state index in [0.717, 1.165) is 77.0 Å². The van der Waals surface area contributed by atoms with E-state index in [1.54, 1.807) is 0 Å². The lowest BCUT2D eigenvalue weighted by atomic mass is 10.0. The second-order valence-corrected chi connectivity index (χ2v) is 18.8. The molecule has 0 spiro atoms. The molecule has 6 heteroatoms. The summed E-state index contributed by atoms with van der Waals surface area (Å²) >= 11 is 0. The molecule has 0 saturated heterocycles. The molecule has 0 rings (SSSR count). The highest BCUT2D eigenvalue weighted by Gasteiger charge is 2.19. The number of rotatable bonds is 51. The first-order chi connectivity index (χ1) is 32.0. The lowest BCUT2D eigenvalue weighted by Gasteiger charge is -2.18. The van der Waals surface area contributed by atoms with Crippen molar-refractivity contribution in [1.82, 2.24) is 0 Å². The average molecular weight is 911 g/mol. The Labute approximate surface area is 403 Å². The van der Waals surface area contributed by atoms with Crippen LogP contribution in [-0.2, 0) is 28.6 Å². The summed E-state index contributed by atoms with van der Waals surface area (Å²) in [4.78, 5) is 38.0. The number of esters is 3. The lowest BCUT2D eigenvalue weighted by Crippen LogP contribution is -2.30. The molecule has 0 bridgehead atoms. The van der Waals surface area contributed by atoms with Crippen LogP contribution >= 0.6 is 0 Å². The third kappa shape index (κ3) is 52.2. The van der Waals surface area contributed by atoms with Crippen LogP contribution in [-0.4, -0.2) is 37.2 Å². The molecule has 0 radical (unpaired) electrons. The quantitative estimate of drug-likeness (QED) is 0.0262. The normalized spacial score (nSPS) is 12.4. The topological polar surface area (TPSA) is 78.9 Å². The zero-order valence-electron chi connectivity index (χ0n) is 43.3. The first kappa shape index (κ1) is 62.4. The van der Waals surface area contributed by atoms with Crippen molar-refractivity contribution in [1.29, 1.82) is 0 Å². The van der Waals surface area contributed by atoms with Crippen LogP contribution in [0.5, 0.6) is 0 Å². The Bertz CT molecular complexity index is 1140. The van der Waals surface area contributed by atoms with Crippen LogP contribution in [0.15, 0.2) is 48.6 Å². The Morgan fingerprint density at radius 2 is 0.600 bits per heavy atom. The number of hydrogen-bond donors (Lipinski definition) is 0. The molecule has 6 nitrogen and oxygen atoms in total. The molecule has 0 aromatic carbocycles. The SMILES string of the molecule is CC/C=C\C/C=C\C/C=C\C/C=C\CCCCC(=O)O[C@@H](COC(=O)CCCCCCCCCCCCC)COC(=O)CCCCCCCCCCCCCCCCCCCCCCC.